The van der Waals surface area contributed by atoms with Crippen molar-refractivity contribution in [2.24, 2.45) is 10.7 Å². The number of carbonyl (C=O) groups excluding carboxylic acids is 1. The smallest absolute Gasteiger partial charge is 0.270 e. The Morgan fingerprint density at radius 1 is 1.36 bits per heavy atom. The number of likely N-dealkylation sites (N-methyl/N-ethyl adjacent to an activating group) is 1. The van der Waals surface area contributed by atoms with Crippen LogP contribution in [0.5, 0.6) is 0 Å². The van der Waals surface area contributed by atoms with Gasteiger partial charge in [-0.2, -0.15) is 0 Å². The molecule has 0 spiro atoms. The fraction of sp³-hybridized carbons (Fsp3) is 0.444. The van der Waals surface area contributed by atoms with Crippen molar-refractivity contribution < 1.29 is 13.6 Å². The third kappa shape index (κ3) is 3.05. The Morgan fingerprint density at radius 2 is 2.00 bits per heavy atom. The first-order valence-corrected chi connectivity index (χ1v) is 9.08. The van der Waals surface area contributed by atoms with E-state index in [0.717, 1.165) is 24.0 Å². The quantitative estimate of drug-likeness (QED) is 0.893. The van der Waals surface area contributed by atoms with Crippen molar-refractivity contribution >= 4 is 23.6 Å². The van der Waals surface area contributed by atoms with Gasteiger partial charge in [0.05, 0.1) is 5.92 Å². The molecule has 2 aliphatic heterocycles. The number of benzene rings is 1. The van der Waals surface area contributed by atoms with E-state index in [1.807, 2.05) is 6.92 Å². The van der Waals surface area contributed by atoms with Gasteiger partial charge in [-0.25, -0.2) is 13.8 Å². The van der Waals surface area contributed by atoms with E-state index in [9.17, 15) is 13.6 Å². The van der Waals surface area contributed by atoms with Crippen LogP contribution in [0.25, 0.3) is 0 Å². The first-order chi connectivity index (χ1) is 11.6. The standard InChI is InChI=1S/C18H21F2N3OS/c1-17(13-5-4-10-25-13)14(15(24)23(3)16(21)22-17)11-6-8-12(9-7-11)18(2,19)20/h5-9,14H,4,10H2,1-3H3,(H2,21,22)/t14-,17+/m0/s1. The molecule has 0 unspecified atom stereocenters. The summed E-state index contributed by atoms with van der Waals surface area (Å²) in [5.41, 5.74) is 5.73. The molecule has 0 saturated carbocycles. The highest BCUT2D eigenvalue weighted by Gasteiger charge is 2.49. The number of hydrogen-bond donors (Lipinski definition) is 1. The van der Waals surface area contributed by atoms with Crippen LogP contribution in [-0.2, 0) is 10.7 Å². The summed E-state index contributed by atoms with van der Waals surface area (Å²) < 4.78 is 27.0. The van der Waals surface area contributed by atoms with Gasteiger partial charge in [0.15, 0.2) is 5.96 Å². The molecule has 0 saturated heterocycles. The van der Waals surface area contributed by atoms with Gasteiger partial charge in [0, 0.05) is 30.2 Å². The van der Waals surface area contributed by atoms with E-state index in [-0.39, 0.29) is 17.4 Å². The molecule has 1 amide bonds. The number of nitrogens with two attached hydrogens (primary N) is 1. The van der Waals surface area contributed by atoms with E-state index < -0.39 is 17.4 Å². The predicted octanol–water partition coefficient (Wildman–Crippen LogP) is 3.45. The second-order valence-corrected chi connectivity index (χ2v) is 7.80. The molecule has 7 heteroatoms. The number of carbonyl (C=O) groups is 1. The summed E-state index contributed by atoms with van der Waals surface area (Å²) in [6.07, 6.45) is 3.00. The molecule has 1 aromatic rings. The normalized spacial score (nSPS) is 27.3. The average Bonchev–Trinajstić information content (AvgIpc) is 3.08. The number of guanidine groups is 1. The molecule has 25 heavy (non-hydrogen) atoms. The van der Waals surface area contributed by atoms with Crippen LogP contribution in [-0.4, -0.2) is 35.1 Å². The molecule has 0 aliphatic carbocycles. The Labute approximate surface area is 150 Å². The Kier molecular flexibility index (Phi) is 4.39. The predicted molar refractivity (Wildman–Crippen MR) is 96.7 cm³/mol. The van der Waals surface area contributed by atoms with Gasteiger partial charge in [0.2, 0.25) is 5.91 Å². The Bertz CT molecular complexity index is 755. The third-order valence-electron chi connectivity index (χ3n) is 4.79. The maximum absolute atomic E-state index is 13.5. The van der Waals surface area contributed by atoms with Gasteiger partial charge in [-0.15, -0.1) is 11.8 Å². The fourth-order valence-electron chi connectivity index (χ4n) is 3.33. The lowest BCUT2D eigenvalue weighted by atomic mass is 9.78. The highest BCUT2D eigenvalue weighted by molar-refractivity contribution is 8.03. The largest absolute Gasteiger partial charge is 0.369 e. The van der Waals surface area contributed by atoms with Crippen LogP contribution in [0.15, 0.2) is 40.2 Å². The van der Waals surface area contributed by atoms with Crippen molar-refractivity contribution in [1.29, 1.82) is 0 Å². The number of thioether (sulfide) groups is 1. The molecule has 2 aliphatic rings. The summed E-state index contributed by atoms with van der Waals surface area (Å²) in [5.74, 6) is -2.57. The molecule has 3 rings (SSSR count). The molecule has 0 bridgehead atoms. The van der Waals surface area contributed by atoms with Crippen LogP contribution in [0.4, 0.5) is 8.78 Å². The SMILES string of the molecule is CN1C(=O)[C@H](c2ccc(C(C)(F)F)cc2)[C@@](C)(C2=CCCS2)N=C1N. The van der Waals surface area contributed by atoms with E-state index >= 15 is 0 Å². The van der Waals surface area contributed by atoms with Crippen LogP contribution >= 0.6 is 11.8 Å². The lowest BCUT2D eigenvalue weighted by Crippen LogP contribution is -2.54. The Balaban J connectivity index is 2.09. The van der Waals surface area contributed by atoms with Crippen molar-refractivity contribution in [3.8, 4) is 0 Å². The van der Waals surface area contributed by atoms with Crippen molar-refractivity contribution in [3.05, 3.63) is 46.4 Å². The molecular weight excluding hydrogens is 344 g/mol. The summed E-state index contributed by atoms with van der Waals surface area (Å²) >= 11 is 1.67. The van der Waals surface area contributed by atoms with Gasteiger partial charge < -0.3 is 5.73 Å². The second kappa shape index (κ2) is 6.12. The minimum atomic E-state index is -2.92. The van der Waals surface area contributed by atoms with E-state index in [2.05, 4.69) is 11.1 Å². The first kappa shape index (κ1) is 17.9. The van der Waals surface area contributed by atoms with E-state index in [1.54, 1.807) is 30.9 Å². The van der Waals surface area contributed by atoms with E-state index in [0.29, 0.717) is 5.56 Å². The minimum absolute atomic E-state index is 0.0768. The summed E-state index contributed by atoms with van der Waals surface area (Å²) in [4.78, 5) is 19.9. The maximum Gasteiger partial charge on any atom is 0.270 e. The van der Waals surface area contributed by atoms with Gasteiger partial charge in [-0.05, 0) is 18.9 Å². The number of amides is 1. The third-order valence-corrected chi connectivity index (χ3v) is 6.12. The fourth-order valence-corrected chi connectivity index (χ4v) is 4.47. The number of aliphatic imine (C=N–C) groups is 1. The van der Waals surface area contributed by atoms with Gasteiger partial charge in [-0.3, -0.25) is 9.69 Å². The molecule has 2 heterocycles. The second-order valence-electron chi connectivity index (χ2n) is 6.66. The summed E-state index contributed by atoms with van der Waals surface area (Å²) in [6.45, 7) is 2.75. The molecular formula is C18H21F2N3OS. The van der Waals surface area contributed by atoms with Crippen molar-refractivity contribution in [2.75, 3.05) is 12.8 Å². The molecule has 2 N–H and O–H groups in total. The number of hydrogen-bond acceptors (Lipinski definition) is 4. The molecule has 1 aromatic carbocycles. The van der Waals surface area contributed by atoms with Crippen LogP contribution in [0.1, 0.15) is 37.3 Å². The molecule has 0 radical (unpaired) electrons. The van der Waals surface area contributed by atoms with Gasteiger partial charge in [-0.1, -0.05) is 30.3 Å². The average molecular weight is 365 g/mol. The molecule has 0 fully saturated rings. The number of halogens is 2. The Hall–Kier alpha value is -1.89. The number of allylic oxidation sites excluding steroid dienone is 1. The zero-order valence-electron chi connectivity index (χ0n) is 14.4. The summed E-state index contributed by atoms with van der Waals surface area (Å²) in [6, 6.07) is 5.94. The van der Waals surface area contributed by atoms with Gasteiger partial charge in [0.25, 0.3) is 5.92 Å². The lowest BCUT2D eigenvalue weighted by Gasteiger charge is -2.41. The molecule has 0 aromatic heterocycles. The summed E-state index contributed by atoms with van der Waals surface area (Å²) in [7, 11) is 1.58. The molecule has 134 valence electrons. The van der Waals surface area contributed by atoms with Crippen LogP contribution in [0, 0.1) is 0 Å². The van der Waals surface area contributed by atoms with E-state index in [1.165, 1.54) is 17.0 Å². The monoisotopic (exact) mass is 365 g/mol. The number of rotatable bonds is 3. The maximum atomic E-state index is 13.5. The van der Waals surface area contributed by atoms with Crippen molar-refractivity contribution in [2.45, 2.75) is 37.6 Å². The molecule has 2 atom stereocenters. The van der Waals surface area contributed by atoms with Crippen molar-refractivity contribution in [1.82, 2.24) is 4.90 Å². The molecule has 4 nitrogen and oxygen atoms in total. The topological polar surface area (TPSA) is 58.7 Å². The minimum Gasteiger partial charge on any atom is -0.369 e. The van der Waals surface area contributed by atoms with Crippen LogP contribution in [0.2, 0.25) is 0 Å². The number of nitrogens with zero attached hydrogens (tertiary/aromatic N) is 2. The number of alkyl halides is 2. The highest BCUT2D eigenvalue weighted by Crippen LogP contribution is 2.47. The Morgan fingerprint density at radius 3 is 2.52 bits per heavy atom. The van der Waals surface area contributed by atoms with Gasteiger partial charge in [0.1, 0.15) is 5.54 Å². The van der Waals surface area contributed by atoms with Crippen molar-refractivity contribution in [3.63, 3.8) is 0 Å². The van der Waals surface area contributed by atoms with E-state index in [4.69, 9.17) is 5.73 Å². The van der Waals surface area contributed by atoms with Crippen LogP contribution in [0.3, 0.4) is 0 Å². The van der Waals surface area contributed by atoms with Gasteiger partial charge >= 0.3 is 0 Å². The first-order valence-electron chi connectivity index (χ1n) is 8.09. The lowest BCUT2D eigenvalue weighted by molar-refractivity contribution is -0.129. The zero-order valence-corrected chi connectivity index (χ0v) is 15.2. The van der Waals surface area contributed by atoms with Crippen LogP contribution < -0.4 is 5.73 Å². The zero-order chi connectivity index (χ0) is 18.4. The highest BCUT2D eigenvalue weighted by atomic mass is 32.2. The summed E-state index contributed by atoms with van der Waals surface area (Å²) in [5, 5.41) is 0.